The van der Waals surface area contributed by atoms with Gasteiger partial charge in [0.15, 0.2) is 0 Å². The molecule has 1 saturated heterocycles. The summed E-state index contributed by atoms with van der Waals surface area (Å²) in [6, 6.07) is 9.02. The molecule has 1 aromatic rings. The molecular weight excluding hydrogens is 182 g/mol. The Kier molecular flexibility index (Phi) is 3.42. The van der Waals surface area contributed by atoms with Crippen molar-refractivity contribution in [1.82, 2.24) is 5.32 Å². The summed E-state index contributed by atoms with van der Waals surface area (Å²) in [7, 11) is 0. The van der Waals surface area contributed by atoms with Crippen molar-refractivity contribution in [2.75, 3.05) is 13.1 Å². The average Bonchev–Trinajstić information content (AvgIpc) is 2.30. The van der Waals surface area contributed by atoms with Crippen LogP contribution in [0.5, 0.6) is 0 Å². The Balaban J connectivity index is 2.05. The maximum Gasteiger partial charge on any atom is -0.00148 e. The van der Waals surface area contributed by atoms with E-state index in [4.69, 9.17) is 0 Å². The zero-order valence-electron chi connectivity index (χ0n) is 9.79. The zero-order chi connectivity index (χ0) is 10.7. The minimum absolute atomic E-state index is 0.693. The summed E-state index contributed by atoms with van der Waals surface area (Å²) in [6.07, 6.45) is 2.71. The van der Waals surface area contributed by atoms with Gasteiger partial charge in [-0.2, -0.15) is 0 Å². The van der Waals surface area contributed by atoms with Gasteiger partial charge in [0.2, 0.25) is 0 Å². The number of nitrogens with one attached hydrogen (secondary N) is 1. The lowest BCUT2D eigenvalue weighted by atomic mass is 9.83. The van der Waals surface area contributed by atoms with Gasteiger partial charge >= 0.3 is 0 Å². The molecular formula is C14H21N. The van der Waals surface area contributed by atoms with Gasteiger partial charge in [-0.05, 0) is 50.3 Å². The highest BCUT2D eigenvalue weighted by Crippen LogP contribution is 2.28. The lowest BCUT2D eigenvalue weighted by Crippen LogP contribution is -2.32. The number of hydrogen-bond acceptors (Lipinski definition) is 1. The Morgan fingerprint density at radius 3 is 2.60 bits per heavy atom. The molecule has 1 N–H and O–H groups in total. The van der Waals surface area contributed by atoms with Crippen LogP contribution in [0.2, 0.25) is 0 Å². The molecule has 1 heterocycles. The van der Waals surface area contributed by atoms with Crippen molar-refractivity contribution in [3.05, 3.63) is 35.4 Å². The monoisotopic (exact) mass is 203 g/mol. The van der Waals surface area contributed by atoms with Crippen molar-refractivity contribution in [2.24, 2.45) is 5.92 Å². The van der Waals surface area contributed by atoms with E-state index >= 15 is 0 Å². The Morgan fingerprint density at radius 2 is 2.00 bits per heavy atom. The minimum Gasteiger partial charge on any atom is -0.316 e. The summed E-state index contributed by atoms with van der Waals surface area (Å²) in [6.45, 7) is 6.91. The van der Waals surface area contributed by atoms with Gasteiger partial charge in [-0.1, -0.05) is 36.8 Å². The van der Waals surface area contributed by atoms with E-state index < -0.39 is 0 Å². The van der Waals surface area contributed by atoms with Crippen LogP contribution in [0.25, 0.3) is 0 Å². The van der Waals surface area contributed by atoms with Crippen molar-refractivity contribution in [2.45, 2.75) is 32.6 Å². The van der Waals surface area contributed by atoms with E-state index in [0.717, 1.165) is 5.92 Å². The zero-order valence-corrected chi connectivity index (χ0v) is 9.79. The first-order valence-electron chi connectivity index (χ1n) is 6.04. The van der Waals surface area contributed by atoms with E-state index in [1.165, 1.54) is 37.1 Å². The summed E-state index contributed by atoms with van der Waals surface area (Å²) < 4.78 is 0. The van der Waals surface area contributed by atoms with Crippen molar-refractivity contribution in [1.29, 1.82) is 0 Å². The van der Waals surface area contributed by atoms with Crippen molar-refractivity contribution >= 4 is 0 Å². The molecule has 0 saturated carbocycles. The molecule has 0 amide bonds. The van der Waals surface area contributed by atoms with E-state index in [-0.39, 0.29) is 0 Å². The highest BCUT2D eigenvalue weighted by Gasteiger charge is 2.20. The molecule has 0 bridgehead atoms. The minimum atomic E-state index is 0.693. The Hall–Kier alpha value is -0.820. The molecule has 1 aromatic carbocycles. The van der Waals surface area contributed by atoms with Gasteiger partial charge in [0.1, 0.15) is 0 Å². The van der Waals surface area contributed by atoms with Gasteiger partial charge in [0, 0.05) is 0 Å². The number of aryl methyl sites for hydroxylation is 1. The molecule has 15 heavy (non-hydrogen) atoms. The van der Waals surface area contributed by atoms with Crippen LogP contribution in [0.3, 0.4) is 0 Å². The molecule has 1 aliphatic heterocycles. The topological polar surface area (TPSA) is 12.0 Å². The van der Waals surface area contributed by atoms with E-state index in [0.29, 0.717) is 5.92 Å². The smallest absolute Gasteiger partial charge is 0.00148 e. The van der Waals surface area contributed by atoms with E-state index in [9.17, 15) is 0 Å². The number of rotatable bonds is 2. The SMILES string of the molecule is Cc1ccc(C(C)C2CCCNC2)cc1. The van der Waals surface area contributed by atoms with E-state index in [1.54, 1.807) is 0 Å². The predicted octanol–water partition coefficient (Wildman–Crippen LogP) is 3.10. The van der Waals surface area contributed by atoms with Gasteiger partial charge in [0.25, 0.3) is 0 Å². The molecule has 0 spiro atoms. The van der Waals surface area contributed by atoms with Crippen LogP contribution < -0.4 is 5.32 Å². The van der Waals surface area contributed by atoms with Gasteiger partial charge in [-0.25, -0.2) is 0 Å². The first-order chi connectivity index (χ1) is 7.27. The Labute approximate surface area is 92.9 Å². The highest BCUT2D eigenvalue weighted by atomic mass is 14.9. The number of benzene rings is 1. The maximum atomic E-state index is 3.50. The molecule has 1 aliphatic rings. The van der Waals surface area contributed by atoms with Gasteiger partial charge in [-0.3, -0.25) is 0 Å². The average molecular weight is 203 g/mol. The van der Waals surface area contributed by atoms with Gasteiger partial charge in [-0.15, -0.1) is 0 Å². The lowest BCUT2D eigenvalue weighted by Gasteiger charge is -2.28. The molecule has 82 valence electrons. The molecule has 2 atom stereocenters. The quantitative estimate of drug-likeness (QED) is 0.779. The fourth-order valence-corrected chi connectivity index (χ4v) is 2.45. The summed E-state index contributed by atoms with van der Waals surface area (Å²) in [5.74, 6) is 1.51. The van der Waals surface area contributed by atoms with Crippen LogP contribution in [0.15, 0.2) is 24.3 Å². The second kappa shape index (κ2) is 4.80. The Morgan fingerprint density at radius 1 is 1.27 bits per heavy atom. The maximum absolute atomic E-state index is 3.50. The van der Waals surface area contributed by atoms with Crippen LogP contribution in [-0.2, 0) is 0 Å². The molecule has 1 heteroatoms. The molecule has 2 rings (SSSR count). The molecule has 0 aliphatic carbocycles. The number of hydrogen-bond donors (Lipinski definition) is 1. The normalized spacial score (nSPS) is 23.7. The van der Waals surface area contributed by atoms with Gasteiger partial charge in [0.05, 0.1) is 0 Å². The van der Waals surface area contributed by atoms with Crippen LogP contribution in [0.4, 0.5) is 0 Å². The molecule has 0 aromatic heterocycles. The van der Waals surface area contributed by atoms with Crippen molar-refractivity contribution in [3.63, 3.8) is 0 Å². The number of piperidine rings is 1. The van der Waals surface area contributed by atoms with E-state index in [2.05, 4.69) is 43.4 Å². The van der Waals surface area contributed by atoms with Crippen molar-refractivity contribution < 1.29 is 0 Å². The molecule has 1 nitrogen and oxygen atoms in total. The highest BCUT2D eigenvalue weighted by molar-refractivity contribution is 5.24. The second-order valence-corrected chi connectivity index (χ2v) is 4.81. The van der Waals surface area contributed by atoms with Crippen LogP contribution in [0, 0.1) is 12.8 Å². The first kappa shape index (κ1) is 10.7. The van der Waals surface area contributed by atoms with Gasteiger partial charge < -0.3 is 5.32 Å². The third-order valence-electron chi connectivity index (χ3n) is 3.65. The molecule has 2 unspecified atom stereocenters. The van der Waals surface area contributed by atoms with E-state index in [1.807, 2.05) is 0 Å². The molecule has 0 radical (unpaired) electrons. The summed E-state index contributed by atoms with van der Waals surface area (Å²) in [5, 5.41) is 3.50. The largest absolute Gasteiger partial charge is 0.316 e. The van der Waals surface area contributed by atoms with Crippen LogP contribution >= 0.6 is 0 Å². The first-order valence-corrected chi connectivity index (χ1v) is 6.04. The predicted molar refractivity (Wildman–Crippen MR) is 65.2 cm³/mol. The fourth-order valence-electron chi connectivity index (χ4n) is 2.45. The summed E-state index contributed by atoms with van der Waals surface area (Å²) in [5.41, 5.74) is 2.85. The Bertz CT molecular complexity index is 296. The van der Waals surface area contributed by atoms with Crippen LogP contribution in [0.1, 0.15) is 36.8 Å². The summed E-state index contributed by atoms with van der Waals surface area (Å²) >= 11 is 0. The molecule has 1 fully saturated rings. The lowest BCUT2D eigenvalue weighted by molar-refractivity contribution is 0.334. The third-order valence-corrected chi connectivity index (χ3v) is 3.65. The second-order valence-electron chi connectivity index (χ2n) is 4.81. The third kappa shape index (κ3) is 2.60. The summed E-state index contributed by atoms with van der Waals surface area (Å²) in [4.78, 5) is 0. The van der Waals surface area contributed by atoms with Crippen LogP contribution in [-0.4, -0.2) is 13.1 Å². The van der Waals surface area contributed by atoms with Crippen molar-refractivity contribution in [3.8, 4) is 0 Å². The fraction of sp³-hybridized carbons (Fsp3) is 0.571. The standard InChI is InChI=1S/C14H21N/c1-11-5-7-13(8-6-11)12(2)14-4-3-9-15-10-14/h5-8,12,14-15H,3-4,9-10H2,1-2H3.